The van der Waals surface area contributed by atoms with Crippen LogP contribution in [0.2, 0.25) is 0 Å². The number of nitriles is 1. The summed E-state index contributed by atoms with van der Waals surface area (Å²) in [5.41, 5.74) is -0.264. The predicted octanol–water partition coefficient (Wildman–Crippen LogP) is 0.460. The predicted molar refractivity (Wildman–Crippen MR) is 53.6 cm³/mol. The van der Waals surface area contributed by atoms with E-state index in [9.17, 15) is 4.79 Å². The van der Waals surface area contributed by atoms with E-state index in [1.54, 1.807) is 19.2 Å². The van der Waals surface area contributed by atoms with Crippen molar-refractivity contribution < 1.29 is 4.52 Å². The van der Waals surface area contributed by atoms with Crippen LogP contribution in [0.3, 0.4) is 0 Å². The lowest BCUT2D eigenvalue weighted by Crippen LogP contribution is -2.22. The van der Waals surface area contributed by atoms with Crippen molar-refractivity contribution in [3.63, 3.8) is 0 Å². The number of aryl methyl sites for hydroxylation is 1. The Morgan fingerprint density at radius 2 is 2.44 bits per heavy atom. The second-order valence-corrected chi connectivity index (χ2v) is 3.20. The molecule has 0 aliphatic heterocycles. The van der Waals surface area contributed by atoms with Gasteiger partial charge in [-0.15, -0.1) is 0 Å². The maximum atomic E-state index is 11.7. The highest BCUT2D eigenvalue weighted by Gasteiger charge is 2.07. The molecular formula is C10H8N4O2. The second-order valence-electron chi connectivity index (χ2n) is 3.20. The van der Waals surface area contributed by atoms with Crippen molar-refractivity contribution >= 4 is 0 Å². The van der Waals surface area contributed by atoms with E-state index >= 15 is 0 Å². The highest BCUT2D eigenvalue weighted by Crippen LogP contribution is 1.98. The first-order valence-corrected chi connectivity index (χ1v) is 4.59. The SMILES string of the molecule is Cc1noc(Cn2cccc(C#N)c2=O)n1. The Bertz CT molecular complexity index is 606. The van der Waals surface area contributed by atoms with E-state index in [4.69, 9.17) is 9.78 Å². The van der Waals surface area contributed by atoms with E-state index in [1.165, 1.54) is 10.6 Å². The van der Waals surface area contributed by atoms with Gasteiger partial charge in [-0.2, -0.15) is 10.2 Å². The van der Waals surface area contributed by atoms with Gasteiger partial charge in [-0.25, -0.2) is 0 Å². The minimum absolute atomic E-state index is 0.0961. The molecule has 0 fully saturated rings. The number of nitrogens with zero attached hydrogens (tertiary/aromatic N) is 4. The number of hydrogen-bond acceptors (Lipinski definition) is 5. The van der Waals surface area contributed by atoms with Gasteiger partial charge in [-0.05, 0) is 19.1 Å². The molecule has 0 aliphatic rings. The van der Waals surface area contributed by atoms with Gasteiger partial charge >= 0.3 is 0 Å². The molecule has 0 radical (unpaired) electrons. The Balaban J connectivity index is 2.36. The van der Waals surface area contributed by atoms with Crippen LogP contribution in [0, 0.1) is 18.3 Å². The van der Waals surface area contributed by atoms with Gasteiger partial charge in [0.2, 0.25) is 5.89 Å². The summed E-state index contributed by atoms with van der Waals surface area (Å²) in [6, 6.07) is 4.92. The van der Waals surface area contributed by atoms with Gasteiger partial charge in [0, 0.05) is 6.20 Å². The van der Waals surface area contributed by atoms with Crippen LogP contribution in [0.25, 0.3) is 0 Å². The summed E-state index contributed by atoms with van der Waals surface area (Å²) in [4.78, 5) is 15.6. The maximum absolute atomic E-state index is 11.7. The molecule has 6 nitrogen and oxygen atoms in total. The van der Waals surface area contributed by atoms with E-state index in [0.29, 0.717) is 11.7 Å². The fourth-order valence-corrected chi connectivity index (χ4v) is 1.30. The smallest absolute Gasteiger partial charge is 0.268 e. The van der Waals surface area contributed by atoms with Crippen LogP contribution in [0.5, 0.6) is 0 Å². The monoisotopic (exact) mass is 216 g/mol. The lowest BCUT2D eigenvalue weighted by Gasteiger charge is -2.00. The van der Waals surface area contributed by atoms with E-state index in [-0.39, 0.29) is 17.7 Å². The average molecular weight is 216 g/mol. The highest BCUT2D eigenvalue weighted by atomic mass is 16.5. The topological polar surface area (TPSA) is 84.7 Å². The first-order chi connectivity index (χ1) is 7.70. The van der Waals surface area contributed by atoms with Gasteiger partial charge in [-0.1, -0.05) is 5.16 Å². The largest absolute Gasteiger partial charge is 0.337 e. The van der Waals surface area contributed by atoms with E-state index in [1.807, 2.05) is 6.07 Å². The Morgan fingerprint density at radius 3 is 3.06 bits per heavy atom. The Labute approximate surface area is 90.8 Å². The number of aromatic nitrogens is 3. The van der Waals surface area contributed by atoms with Crippen LogP contribution in [0.15, 0.2) is 27.6 Å². The third-order valence-electron chi connectivity index (χ3n) is 2.02. The number of hydrogen-bond donors (Lipinski definition) is 0. The fourth-order valence-electron chi connectivity index (χ4n) is 1.30. The van der Waals surface area contributed by atoms with Crippen molar-refractivity contribution in [1.82, 2.24) is 14.7 Å². The van der Waals surface area contributed by atoms with Crippen LogP contribution >= 0.6 is 0 Å². The Hall–Kier alpha value is -2.42. The molecule has 0 atom stereocenters. The van der Waals surface area contributed by atoms with E-state index in [0.717, 1.165) is 0 Å². The molecule has 0 N–H and O–H groups in total. The molecule has 6 heteroatoms. The van der Waals surface area contributed by atoms with Crippen molar-refractivity contribution in [2.24, 2.45) is 0 Å². The first-order valence-electron chi connectivity index (χ1n) is 4.59. The lowest BCUT2D eigenvalue weighted by molar-refractivity contribution is 0.366. The molecule has 0 unspecified atom stereocenters. The molecule has 0 aliphatic carbocycles. The molecular weight excluding hydrogens is 208 g/mol. The summed E-state index contributed by atoms with van der Waals surface area (Å²) in [6.45, 7) is 1.87. The third-order valence-corrected chi connectivity index (χ3v) is 2.02. The zero-order valence-corrected chi connectivity index (χ0v) is 8.54. The number of rotatable bonds is 2. The molecule has 0 spiro atoms. The van der Waals surface area contributed by atoms with Gasteiger partial charge in [0.05, 0.1) is 0 Å². The Morgan fingerprint density at radius 1 is 1.62 bits per heavy atom. The molecule has 2 rings (SSSR count). The summed E-state index contributed by atoms with van der Waals surface area (Å²) in [5, 5.41) is 12.3. The molecule has 0 saturated carbocycles. The van der Waals surface area contributed by atoms with Gasteiger partial charge in [0.1, 0.15) is 18.2 Å². The zero-order valence-electron chi connectivity index (χ0n) is 8.54. The maximum Gasteiger partial charge on any atom is 0.268 e. The summed E-state index contributed by atoms with van der Waals surface area (Å²) in [5.74, 6) is 0.856. The molecule has 0 amide bonds. The minimum atomic E-state index is -0.360. The second kappa shape index (κ2) is 3.98. The van der Waals surface area contributed by atoms with Crippen LogP contribution in [0.4, 0.5) is 0 Å². The van der Waals surface area contributed by atoms with Gasteiger partial charge in [0.25, 0.3) is 5.56 Å². The number of pyridine rings is 1. The van der Waals surface area contributed by atoms with Crippen molar-refractivity contribution in [3.8, 4) is 6.07 Å². The van der Waals surface area contributed by atoms with Gasteiger partial charge in [-0.3, -0.25) is 4.79 Å². The summed E-state index contributed by atoms with van der Waals surface area (Å²) >= 11 is 0. The summed E-state index contributed by atoms with van der Waals surface area (Å²) < 4.78 is 6.25. The van der Waals surface area contributed by atoms with Crippen molar-refractivity contribution in [3.05, 3.63) is 46.0 Å². The fraction of sp³-hybridized carbons (Fsp3) is 0.200. The summed E-state index contributed by atoms with van der Waals surface area (Å²) in [7, 11) is 0. The minimum Gasteiger partial charge on any atom is -0.337 e. The van der Waals surface area contributed by atoms with Crippen LogP contribution < -0.4 is 5.56 Å². The highest BCUT2D eigenvalue weighted by molar-refractivity contribution is 5.25. The molecule has 16 heavy (non-hydrogen) atoms. The van der Waals surface area contributed by atoms with Crippen molar-refractivity contribution in [1.29, 1.82) is 5.26 Å². The molecule has 2 heterocycles. The van der Waals surface area contributed by atoms with Crippen LogP contribution in [-0.4, -0.2) is 14.7 Å². The molecule has 2 aromatic heterocycles. The third kappa shape index (κ3) is 1.83. The van der Waals surface area contributed by atoms with Crippen molar-refractivity contribution in [2.75, 3.05) is 0 Å². The lowest BCUT2D eigenvalue weighted by atomic mass is 10.3. The molecule has 0 saturated heterocycles. The van der Waals surface area contributed by atoms with Gasteiger partial charge in [0.15, 0.2) is 5.82 Å². The molecule has 0 bridgehead atoms. The average Bonchev–Trinajstić information content (AvgIpc) is 2.67. The van der Waals surface area contributed by atoms with Gasteiger partial charge < -0.3 is 9.09 Å². The molecule has 0 aromatic carbocycles. The normalized spacial score (nSPS) is 10.0. The quantitative estimate of drug-likeness (QED) is 0.728. The van der Waals surface area contributed by atoms with E-state index < -0.39 is 0 Å². The Kier molecular flexibility index (Phi) is 2.52. The first kappa shape index (κ1) is 10.1. The van der Waals surface area contributed by atoms with Crippen LogP contribution in [-0.2, 0) is 6.54 Å². The standard InChI is InChI=1S/C10H8N4O2/c1-7-12-9(16-13-7)6-14-4-2-3-8(5-11)10(14)15/h2-4H,6H2,1H3. The van der Waals surface area contributed by atoms with Crippen LogP contribution in [0.1, 0.15) is 17.3 Å². The van der Waals surface area contributed by atoms with Crippen molar-refractivity contribution in [2.45, 2.75) is 13.5 Å². The zero-order chi connectivity index (χ0) is 11.5. The van der Waals surface area contributed by atoms with E-state index in [2.05, 4.69) is 10.1 Å². The molecule has 80 valence electrons. The molecule has 2 aromatic rings. The summed E-state index contributed by atoms with van der Waals surface area (Å²) in [6.07, 6.45) is 1.57.